The van der Waals surface area contributed by atoms with E-state index in [1.54, 1.807) is 12.3 Å². The minimum Gasteiger partial charge on any atom is -0.386 e. The van der Waals surface area contributed by atoms with Crippen LogP contribution in [0.4, 0.5) is 13.2 Å². The molecule has 2 aromatic carbocycles. The molecular formula is C18H15F3N2O2. The van der Waals surface area contributed by atoms with Crippen molar-refractivity contribution in [2.75, 3.05) is 6.54 Å². The van der Waals surface area contributed by atoms with Gasteiger partial charge in [0.2, 0.25) is 5.91 Å². The number of hydrogen-bond acceptors (Lipinski definition) is 2. The van der Waals surface area contributed by atoms with E-state index >= 15 is 0 Å². The molecule has 25 heavy (non-hydrogen) atoms. The molecule has 0 spiro atoms. The average Bonchev–Trinajstić information content (AvgIpc) is 2.95. The molecule has 4 nitrogen and oxygen atoms in total. The first-order chi connectivity index (χ1) is 12.0. The van der Waals surface area contributed by atoms with E-state index in [9.17, 15) is 23.1 Å². The topological polar surface area (TPSA) is 65.1 Å². The Balaban J connectivity index is 1.65. The third kappa shape index (κ3) is 3.66. The molecule has 0 fully saturated rings. The van der Waals surface area contributed by atoms with Crippen molar-refractivity contribution in [3.05, 3.63) is 71.2 Å². The number of aromatic nitrogens is 1. The monoisotopic (exact) mass is 348 g/mol. The molecule has 0 aliphatic heterocycles. The summed E-state index contributed by atoms with van der Waals surface area (Å²) in [5.41, 5.74) is 0.785. The van der Waals surface area contributed by atoms with Gasteiger partial charge in [-0.05, 0) is 35.9 Å². The normalized spacial score (nSPS) is 12.3. The maximum Gasteiger partial charge on any atom is 0.224 e. The summed E-state index contributed by atoms with van der Waals surface area (Å²) in [7, 11) is 0. The molecular weight excluding hydrogens is 333 g/mol. The highest BCUT2D eigenvalue weighted by Crippen LogP contribution is 2.21. The van der Waals surface area contributed by atoms with Crippen molar-refractivity contribution in [2.24, 2.45) is 0 Å². The molecule has 0 saturated carbocycles. The molecule has 1 aromatic heterocycles. The molecule has 0 bridgehead atoms. The summed E-state index contributed by atoms with van der Waals surface area (Å²) in [6.45, 7) is -0.340. The summed E-state index contributed by atoms with van der Waals surface area (Å²) in [6.07, 6.45) is 0.0256. The summed E-state index contributed by atoms with van der Waals surface area (Å²) < 4.78 is 40.5. The second kappa shape index (κ2) is 6.98. The molecule has 1 heterocycles. The van der Waals surface area contributed by atoms with Gasteiger partial charge >= 0.3 is 0 Å². The van der Waals surface area contributed by atoms with E-state index in [4.69, 9.17) is 0 Å². The zero-order valence-corrected chi connectivity index (χ0v) is 13.0. The van der Waals surface area contributed by atoms with Gasteiger partial charge in [0, 0.05) is 23.6 Å². The van der Waals surface area contributed by atoms with Crippen molar-refractivity contribution >= 4 is 16.8 Å². The van der Waals surface area contributed by atoms with Gasteiger partial charge in [-0.2, -0.15) is 0 Å². The van der Waals surface area contributed by atoms with Crippen LogP contribution in [0.25, 0.3) is 10.9 Å². The van der Waals surface area contributed by atoms with E-state index in [0.717, 1.165) is 12.1 Å². The van der Waals surface area contributed by atoms with Crippen molar-refractivity contribution in [1.29, 1.82) is 0 Å². The van der Waals surface area contributed by atoms with E-state index in [-0.39, 0.29) is 13.0 Å². The van der Waals surface area contributed by atoms with E-state index in [1.165, 1.54) is 18.2 Å². The lowest BCUT2D eigenvalue weighted by Gasteiger charge is -2.13. The predicted octanol–water partition coefficient (Wildman–Crippen LogP) is 2.98. The Labute approximate surface area is 141 Å². The minimum absolute atomic E-state index is 0.0596. The van der Waals surface area contributed by atoms with Gasteiger partial charge in [-0.15, -0.1) is 0 Å². The smallest absolute Gasteiger partial charge is 0.224 e. The Morgan fingerprint density at radius 3 is 2.60 bits per heavy atom. The summed E-state index contributed by atoms with van der Waals surface area (Å²) in [5.74, 6) is -2.64. The molecule has 0 aliphatic rings. The predicted molar refractivity (Wildman–Crippen MR) is 86.3 cm³/mol. The number of rotatable bonds is 5. The van der Waals surface area contributed by atoms with E-state index in [1.807, 2.05) is 0 Å². The van der Waals surface area contributed by atoms with Crippen molar-refractivity contribution in [3.8, 4) is 0 Å². The first-order valence-electron chi connectivity index (χ1n) is 7.60. The maximum atomic E-state index is 13.6. The average molecular weight is 348 g/mol. The van der Waals surface area contributed by atoms with Crippen molar-refractivity contribution < 1.29 is 23.1 Å². The van der Waals surface area contributed by atoms with E-state index in [2.05, 4.69) is 10.3 Å². The van der Waals surface area contributed by atoms with Gasteiger partial charge in [-0.1, -0.05) is 6.07 Å². The number of nitrogens with one attached hydrogen (secondary N) is 2. The van der Waals surface area contributed by atoms with Crippen LogP contribution in [-0.4, -0.2) is 22.5 Å². The van der Waals surface area contributed by atoms with E-state index in [0.29, 0.717) is 16.5 Å². The first kappa shape index (κ1) is 17.0. The maximum absolute atomic E-state index is 13.6. The SMILES string of the molecule is O=C(Cc1c[nH]c2ccc(F)cc12)NCC(O)c1c(F)cccc1F. The van der Waals surface area contributed by atoms with Gasteiger partial charge in [0.05, 0.1) is 12.0 Å². The van der Waals surface area contributed by atoms with Gasteiger partial charge in [0.1, 0.15) is 23.6 Å². The van der Waals surface area contributed by atoms with Crippen molar-refractivity contribution in [3.63, 3.8) is 0 Å². The zero-order valence-electron chi connectivity index (χ0n) is 13.0. The highest BCUT2D eigenvalue weighted by Gasteiger charge is 2.18. The zero-order chi connectivity index (χ0) is 18.0. The Morgan fingerprint density at radius 1 is 1.16 bits per heavy atom. The summed E-state index contributed by atoms with van der Waals surface area (Å²) in [5, 5.41) is 12.9. The number of halogens is 3. The minimum atomic E-state index is -1.51. The number of amides is 1. The molecule has 3 N–H and O–H groups in total. The van der Waals surface area contributed by atoms with Crippen molar-refractivity contribution in [1.82, 2.24) is 10.3 Å². The number of aliphatic hydroxyl groups excluding tert-OH is 1. The summed E-state index contributed by atoms with van der Waals surface area (Å²) in [4.78, 5) is 15.0. The molecule has 1 atom stereocenters. The van der Waals surface area contributed by atoms with Crippen LogP contribution in [0.2, 0.25) is 0 Å². The Hall–Kier alpha value is -2.80. The fourth-order valence-corrected chi connectivity index (χ4v) is 2.67. The fourth-order valence-electron chi connectivity index (χ4n) is 2.67. The highest BCUT2D eigenvalue weighted by atomic mass is 19.1. The molecule has 0 aliphatic carbocycles. The highest BCUT2D eigenvalue weighted by molar-refractivity contribution is 5.88. The van der Waals surface area contributed by atoms with Crippen LogP contribution in [0.3, 0.4) is 0 Å². The number of fused-ring (bicyclic) bond motifs is 1. The quantitative estimate of drug-likeness (QED) is 0.664. The molecule has 0 saturated heterocycles. The number of carbonyl (C=O) groups excluding carboxylic acids is 1. The largest absolute Gasteiger partial charge is 0.386 e. The second-order valence-corrected chi connectivity index (χ2v) is 5.64. The number of H-pyrrole nitrogens is 1. The lowest BCUT2D eigenvalue weighted by atomic mass is 10.1. The Kier molecular flexibility index (Phi) is 4.76. The second-order valence-electron chi connectivity index (χ2n) is 5.64. The molecule has 130 valence electrons. The number of carbonyl (C=O) groups is 1. The number of aromatic amines is 1. The third-order valence-electron chi connectivity index (χ3n) is 3.91. The molecule has 7 heteroatoms. The van der Waals surface area contributed by atoms with Crippen LogP contribution < -0.4 is 5.32 Å². The van der Waals surface area contributed by atoms with Crippen LogP contribution >= 0.6 is 0 Å². The van der Waals surface area contributed by atoms with Gasteiger partial charge in [0.25, 0.3) is 0 Å². The summed E-state index contributed by atoms with van der Waals surface area (Å²) in [6, 6.07) is 7.44. The first-order valence-corrected chi connectivity index (χ1v) is 7.60. The molecule has 1 amide bonds. The number of hydrogen-bond donors (Lipinski definition) is 3. The van der Waals surface area contributed by atoms with Crippen LogP contribution in [0.5, 0.6) is 0 Å². The van der Waals surface area contributed by atoms with Crippen LogP contribution in [0.1, 0.15) is 17.2 Å². The van der Waals surface area contributed by atoms with Gasteiger partial charge < -0.3 is 15.4 Å². The Morgan fingerprint density at radius 2 is 1.88 bits per heavy atom. The summed E-state index contributed by atoms with van der Waals surface area (Å²) >= 11 is 0. The van der Waals surface area contributed by atoms with E-state index < -0.39 is 35.0 Å². The van der Waals surface area contributed by atoms with Crippen LogP contribution in [0.15, 0.2) is 42.6 Å². The fraction of sp³-hybridized carbons (Fsp3) is 0.167. The molecule has 3 rings (SSSR count). The molecule has 0 radical (unpaired) electrons. The molecule has 1 unspecified atom stereocenters. The lowest BCUT2D eigenvalue weighted by molar-refractivity contribution is -0.120. The number of aliphatic hydroxyl groups is 1. The molecule has 3 aromatic rings. The number of benzene rings is 2. The van der Waals surface area contributed by atoms with Crippen molar-refractivity contribution in [2.45, 2.75) is 12.5 Å². The van der Waals surface area contributed by atoms with Crippen LogP contribution in [0, 0.1) is 17.5 Å². The standard InChI is InChI=1S/C18H15F3N2O2/c19-11-4-5-15-12(7-11)10(8-22-15)6-17(25)23-9-16(24)18-13(20)2-1-3-14(18)21/h1-5,7-8,16,22,24H,6,9H2,(H,23,25). The Bertz CT molecular complexity index is 904. The van der Waals surface area contributed by atoms with Gasteiger partial charge in [-0.3, -0.25) is 4.79 Å². The van der Waals surface area contributed by atoms with Gasteiger partial charge in [0.15, 0.2) is 0 Å². The van der Waals surface area contributed by atoms with Gasteiger partial charge in [-0.25, -0.2) is 13.2 Å². The third-order valence-corrected chi connectivity index (χ3v) is 3.91. The lowest BCUT2D eigenvalue weighted by Crippen LogP contribution is -2.30. The van der Waals surface area contributed by atoms with Crippen LogP contribution in [-0.2, 0) is 11.2 Å².